The normalized spacial score (nSPS) is 24.7. The highest BCUT2D eigenvalue weighted by atomic mass is 32.1. The number of anilines is 1. The van der Waals surface area contributed by atoms with Crippen molar-refractivity contribution in [3.63, 3.8) is 0 Å². The lowest BCUT2D eigenvalue weighted by molar-refractivity contribution is -0.149. The molecule has 2 atom stereocenters. The zero-order valence-electron chi connectivity index (χ0n) is 15.1. The number of aromatic hydroxyl groups is 1. The Kier molecular flexibility index (Phi) is 4.61. The quantitative estimate of drug-likeness (QED) is 0.818. The third-order valence-electron chi connectivity index (χ3n) is 5.58. The SMILES string of the molecule is CCOC(=O)C1CC2CCC(C1)N2c1nc(-c2cccc(C)c2O)cs1. The summed E-state index contributed by atoms with van der Waals surface area (Å²) in [5, 5.41) is 13.3. The van der Waals surface area contributed by atoms with E-state index in [1.54, 1.807) is 11.3 Å². The molecule has 138 valence electrons. The fourth-order valence-electron chi connectivity index (χ4n) is 4.31. The maximum Gasteiger partial charge on any atom is 0.309 e. The number of rotatable bonds is 4. The smallest absolute Gasteiger partial charge is 0.309 e. The molecule has 4 rings (SSSR count). The van der Waals surface area contributed by atoms with Crippen molar-refractivity contribution in [2.45, 2.75) is 51.6 Å². The van der Waals surface area contributed by atoms with Crippen LogP contribution in [0.25, 0.3) is 11.3 Å². The average molecular weight is 372 g/mol. The van der Waals surface area contributed by atoms with Crippen LogP contribution < -0.4 is 4.90 Å². The molecule has 1 aromatic carbocycles. The fourth-order valence-corrected chi connectivity index (χ4v) is 5.28. The summed E-state index contributed by atoms with van der Waals surface area (Å²) in [6, 6.07) is 6.45. The summed E-state index contributed by atoms with van der Waals surface area (Å²) in [6.07, 6.45) is 3.90. The van der Waals surface area contributed by atoms with E-state index < -0.39 is 0 Å². The van der Waals surface area contributed by atoms with Crippen LogP contribution in [0.15, 0.2) is 23.6 Å². The van der Waals surface area contributed by atoms with Crippen molar-refractivity contribution < 1.29 is 14.6 Å². The number of phenols is 1. The van der Waals surface area contributed by atoms with E-state index in [0.29, 0.717) is 24.4 Å². The molecular formula is C20H24N2O3S. The van der Waals surface area contributed by atoms with Gasteiger partial charge in [0.1, 0.15) is 5.75 Å². The second-order valence-electron chi connectivity index (χ2n) is 7.20. The Morgan fingerprint density at radius 1 is 1.35 bits per heavy atom. The number of aryl methyl sites for hydroxylation is 1. The lowest BCUT2D eigenvalue weighted by Gasteiger charge is -2.37. The van der Waals surface area contributed by atoms with Gasteiger partial charge in [0.05, 0.1) is 18.2 Å². The second kappa shape index (κ2) is 6.91. The van der Waals surface area contributed by atoms with Crippen molar-refractivity contribution in [1.82, 2.24) is 4.98 Å². The third kappa shape index (κ3) is 2.96. The summed E-state index contributed by atoms with van der Waals surface area (Å²) in [5.74, 6) is 0.269. The molecule has 2 fully saturated rings. The minimum absolute atomic E-state index is 0.0175. The van der Waals surface area contributed by atoms with Crippen molar-refractivity contribution in [3.05, 3.63) is 29.1 Å². The molecule has 2 saturated heterocycles. The maximum absolute atomic E-state index is 12.1. The van der Waals surface area contributed by atoms with Gasteiger partial charge in [-0.1, -0.05) is 12.1 Å². The lowest BCUT2D eigenvalue weighted by atomic mass is 9.91. The molecule has 2 aromatic rings. The second-order valence-corrected chi connectivity index (χ2v) is 8.04. The van der Waals surface area contributed by atoms with Crippen LogP contribution in [0.1, 0.15) is 38.2 Å². The molecule has 2 aliphatic heterocycles. The van der Waals surface area contributed by atoms with E-state index in [1.165, 1.54) is 0 Å². The summed E-state index contributed by atoms with van der Waals surface area (Å²) in [7, 11) is 0. The Morgan fingerprint density at radius 3 is 2.77 bits per heavy atom. The van der Waals surface area contributed by atoms with Crippen molar-refractivity contribution in [2.24, 2.45) is 5.92 Å². The number of aromatic nitrogens is 1. The predicted molar refractivity (Wildman–Crippen MR) is 103 cm³/mol. The number of carbonyl (C=O) groups is 1. The van der Waals surface area contributed by atoms with Gasteiger partial charge < -0.3 is 14.7 Å². The molecule has 0 spiro atoms. The Balaban J connectivity index is 1.56. The summed E-state index contributed by atoms with van der Waals surface area (Å²) in [4.78, 5) is 19.4. The van der Waals surface area contributed by atoms with E-state index in [0.717, 1.165) is 47.6 Å². The molecule has 0 saturated carbocycles. The Bertz CT molecular complexity index is 805. The zero-order valence-corrected chi connectivity index (χ0v) is 16.0. The van der Waals surface area contributed by atoms with Crippen molar-refractivity contribution in [3.8, 4) is 17.0 Å². The number of benzene rings is 1. The summed E-state index contributed by atoms with van der Waals surface area (Å²) in [6.45, 7) is 4.20. The van der Waals surface area contributed by atoms with E-state index in [2.05, 4.69) is 4.90 Å². The maximum atomic E-state index is 12.1. The molecule has 2 unspecified atom stereocenters. The van der Waals surface area contributed by atoms with Crippen LogP contribution in [-0.2, 0) is 9.53 Å². The Morgan fingerprint density at radius 2 is 2.08 bits per heavy atom. The number of nitrogens with zero attached hydrogens (tertiary/aromatic N) is 2. The summed E-state index contributed by atoms with van der Waals surface area (Å²) >= 11 is 1.62. The zero-order chi connectivity index (χ0) is 18.3. The van der Waals surface area contributed by atoms with Gasteiger partial charge in [-0.05, 0) is 51.2 Å². The van der Waals surface area contributed by atoms with Crippen LogP contribution in [0.3, 0.4) is 0 Å². The highest BCUT2D eigenvalue weighted by molar-refractivity contribution is 7.14. The standard InChI is InChI=1S/C20H24N2O3S/c1-3-25-19(24)13-9-14-7-8-15(10-13)22(14)20-21-17(11-26-20)16-6-4-5-12(2)18(16)23/h4-6,11,13-15,23H,3,7-10H2,1-2H3. The first-order chi connectivity index (χ1) is 12.6. The molecular weight excluding hydrogens is 348 g/mol. The van der Waals surface area contributed by atoms with Crippen LogP contribution in [0.4, 0.5) is 5.13 Å². The molecule has 6 heteroatoms. The number of carbonyl (C=O) groups excluding carboxylic acids is 1. The predicted octanol–water partition coefficient (Wildman–Crippen LogP) is 4.13. The van der Waals surface area contributed by atoms with E-state index in [1.807, 2.05) is 37.4 Å². The fraction of sp³-hybridized carbons (Fsp3) is 0.500. The minimum atomic E-state index is -0.0476. The van der Waals surface area contributed by atoms with Crippen LogP contribution in [0, 0.1) is 12.8 Å². The van der Waals surface area contributed by atoms with Gasteiger partial charge in [-0.3, -0.25) is 4.79 Å². The molecule has 26 heavy (non-hydrogen) atoms. The molecule has 1 aromatic heterocycles. The molecule has 0 radical (unpaired) electrons. The number of piperidine rings is 1. The first-order valence-electron chi connectivity index (χ1n) is 9.28. The van der Waals surface area contributed by atoms with Gasteiger partial charge in [0.2, 0.25) is 0 Å². The molecule has 2 bridgehead atoms. The van der Waals surface area contributed by atoms with Gasteiger partial charge >= 0.3 is 5.97 Å². The summed E-state index contributed by atoms with van der Waals surface area (Å²) < 4.78 is 5.23. The highest BCUT2D eigenvalue weighted by Crippen LogP contribution is 2.44. The number of esters is 1. The molecule has 0 amide bonds. The highest BCUT2D eigenvalue weighted by Gasteiger charge is 2.44. The van der Waals surface area contributed by atoms with Crippen molar-refractivity contribution >= 4 is 22.4 Å². The molecule has 5 nitrogen and oxygen atoms in total. The molecule has 2 aliphatic rings. The Labute approximate surface area is 157 Å². The first-order valence-corrected chi connectivity index (χ1v) is 10.2. The Hall–Kier alpha value is -2.08. The number of fused-ring (bicyclic) bond motifs is 2. The monoisotopic (exact) mass is 372 g/mol. The van der Waals surface area contributed by atoms with Crippen LogP contribution >= 0.6 is 11.3 Å². The van der Waals surface area contributed by atoms with Crippen LogP contribution in [0.5, 0.6) is 5.75 Å². The van der Waals surface area contributed by atoms with E-state index >= 15 is 0 Å². The van der Waals surface area contributed by atoms with Gasteiger partial charge in [0.25, 0.3) is 0 Å². The lowest BCUT2D eigenvalue weighted by Crippen LogP contribution is -2.45. The van der Waals surface area contributed by atoms with Gasteiger partial charge in [0, 0.05) is 23.0 Å². The van der Waals surface area contributed by atoms with Crippen molar-refractivity contribution in [2.75, 3.05) is 11.5 Å². The van der Waals surface area contributed by atoms with E-state index in [9.17, 15) is 9.90 Å². The number of para-hydroxylation sites is 1. The van der Waals surface area contributed by atoms with Gasteiger partial charge in [-0.2, -0.15) is 0 Å². The topological polar surface area (TPSA) is 62.7 Å². The minimum Gasteiger partial charge on any atom is -0.507 e. The van der Waals surface area contributed by atoms with Crippen LogP contribution in [-0.4, -0.2) is 34.8 Å². The third-order valence-corrected chi connectivity index (χ3v) is 6.43. The number of thiazole rings is 1. The largest absolute Gasteiger partial charge is 0.507 e. The number of hydrogen-bond acceptors (Lipinski definition) is 6. The first kappa shape index (κ1) is 17.3. The van der Waals surface area contributed by atoms with E-state index in [4.69, 9.17) is 9.72 Å². The molecule has 0 aliphatic carbocycles. The average Bonchev–Trinajstić information content (AvgIpc) is 3.19. The molecule has 3 heterocycles. The van der Waals surface area contributed by atoms with Gasteiger partial charge in [-0.25, -0.2) is 4.98 Å². The number of hydrogen-bond donors (Lipinski definition) is 1. The molecule has 1 N–H and O–H groups in total. The van der Waals surface area contributed by atoms with Gasteiger partial charge in [-0.15, -0.1) is 11.3 Å². The van der Waals surface area contributed by atoms with Crippen LogP contribution in [0.2, 0.25) is 0 Å². The summed E-state index contributed by atoms with van der Waals surface area (Å²) in [5.41, 5.74) is 2.45. The van der Waals surface area contributed by atoms with Gasteiger partial charge in [0.15, 0.2) is 5.13 Å². The van der Waals surface area contributed by atoms with E-state index in [-0.39, 0.29) is 11.9 Å². The van der Waals surface area contributed by atoms with Crippen molar-refractivity contribution in [1.29, 1.82) is 0 Å². The number of ether oxygens (including phenoxy) is 1. The number of phenolic OH excluding ortho intramolecular Hbond substituents is 1.